The van der Waals surface area contributed by atoms with Gasteiger partial charge in [0.1, 0.15) is 5.75 Å². The maximum Gasteiger partial charge on any atom is 0.192 e. The second kappa shape index (κ2) is 9.91. The third-order valence-electron chi connectivity index (χ3n) is 6.93. The Morgan fingerprint density at radius 3 is 2.69 bits per heavy atom. The highest BCUT2D eigenvalue weighted by atomic mass is 32.2. The average molecular weight is 498 g/mol. The molecule has 0 bridgehead atoms. The Kier molecular flexibility index (Phi) is 6.34. The Hall–Kier alpha value is -3.42. The third kappa shape index (κ3) is 4.45. The summed E-state index contributed by atoms with van der Waals surface area (Å²) in [7, 11) is 1.65. The lowest BCUT2D eigenvalue weighted by atomic mass is 10.0. The van der Waals surface area contributed by atoms with Gasteiger partial charge in [-0.25, -0.2) is 0 Å². The van der Waals surface area contributed by atoms with E-state index in [-0.39, 0.29) is 11.9 Å². The normalized spacial score (nSPS) is 16.1. The molecule has 7 heteroatoms. The lowest BCUT2D eigenvalue weighted by molar-refractivity contribution is 0.0953. The van der Waals surface area contributed by atoms with Crippen molar-refractivity contribution in [3.8, 4) is 28.3 Å². The molecule has 36 heavy (non-hydrogen) atoms. The number of fused-ring (bicyclic) bond motifs is 3. The van der Waals surface area contributed by atoms with Gasteiger partial charge in [-0.1, -0.05) is 48.2 Å². The maximum atomic E-state index is 13.2. The van der Waals surface area contributed by atoms with Gasteiger partial charge in [-0.3, -0.25) is 9.36 Å². The fourth-order valence-corrected chi connectivity index (χ4v) is 5.86. The van der Waals surface area contributed by atoms with Crippen molar-refractivity contribution in [1.29, 1.82) is 0 Å². The molecule has 4 aromatic rings. The molecule has 3 aromatic carbocycles. The smallest absolute Gasteiger partial charge is 0.192 e. The van der Waals surface area contributed by atoms with E-state index in [2.05, 4.69) is 45.1 Å². The van der Waals surface area contributed by atoms with E-state index in [1.165, 1.54) is 34.0 Å². The highest BCUT2D eigenvalue weighted by molar-refractivity contribution is 7.99. The van der Waals surface area contributed by atoms with Gasteiger partial charge in [0.05, 0.1) is 25.5 Å². The number of ether oxygens (including phenoxy) is 2. The van der Waals surface area contributed by atoms with E-state index < -0.39 is 0 Å². The number of carbonyl (C=O) groups is 1. The molecular weight excluding hydrogens is 470 g/mol. The van der Waals surface area contributed by atoms with Crippen molar-refractivity contribution in [3.05, 3.63) is 83.4 Å². The second-order valence-corrected chi connectivity index (χ2v) is 10.1. The van der Waals surface area contributed by atoms with Gasteiger partial charge in [-0.15, -0.1) is 10.2 Å². The number of Topliss-reactive ketones (excluding diaryl/α,β-unsaturated/α-hetero) is 1. The summed E-state index contributed by atoms with van der Waals surface area (Å²) < 4.78 is 13.3. The van der Waals surface area contributed by atoms with Crippen molar-refractivity contribution < 1.29 is 14.3 Å². The number of rotatable bonds is 8. The Bertz CT molecular complexity index is 1410. The van der Waals surface area contributed by atoms with Crippen LogP contribution in [0.25, 0.3) is 22.5 Å². The molecule has 2 aliphatic rings. The van der Waals surface area contributed by atoms with Gasteiger partial charge in [-0.05, 0) is 71.8 Å². The third-order valence-corrected chi connectivity index (χ3v) is 7.89. The number of thioether (sulfide) groups is 1. The SMILES string of the molecule is COc1ccc(-c2nnc(SCC(=O)c3ccc4c(c3)-c3ccccc3C4)n2CC2CCCO2)cc1. The zero-order valence-corrected chi connectivity index (χ0v) is 21.0. The molecular formula is C29H27N3O3S. The van der Waals surface area contributed by atoms with E-state index in [9.17, 15) is 4.79 Å². The zero-order valence-electron chi connectivity index (χ0n) is 20.1. The van der Waals surface area contributed by atoms with Crippen LogP contribution >= 0.6 is 11.8 Å². The quantitative estimate of drug-likeness (QED) is 0.203. The van der Waals surface area contributed by atoms with Crippen LogP contribution < -0.4 is 4.74 Å². The molecule has 1 unspecified atom stereocenters. The Balaban J connectivity index is 1.23. The number of aromatic nitrogens is 3. The van der Waals surface area contributed by atoms with Crippen molar-refractivity contribution in [2.45, 2.75) is 37.1 Å². The summed E-state index contributed by atoms with van der Waals surface area (Å²) in [6.07, 6.45) is 3.13. The topological polar surface area (TPSA) is 66.2 Å². The van der Waals surface area contributed by atoms with E-state index in [1.807, 2.05) is 36.4 Å². The molecule has 1 fully saturated rings. The fraction of sp³-hybridized carbons (Fsp3) is 0.276. The molecule has 6 nitrogen and oxygen atoms in total. The molecule has 2 heterocycles. The van der Waals surface area contributed by atoms with Crippen LogP contribution in [-0.2, 0) is 17.7 Å². The number of hydrogen-bond donors (Lipinski definition) is 0. The molecule has 6 rings (SSSR count). The molecule has 0 N–H and O–H groups in total. The van der Waals surface area contributed by atoms with Crippen LogP contribution in [0.3, 0.4) is 0 Å². The van der Waals surface area contributed by atoms with Gasteiger partial charge in [-0.2, -0.15) is 0 Å². The summed E-state index contributed by atoms with van der Waals surface area (Å²) in [5.41, 5.74) is 6.69. The van der Waals surface area contributed by atoms with E-state index in [0.717, 1.165) is 53.7 Å². The van der Waals surface area contributed by atoms with Crippen LogP contribution in [0.1, 0.15) is 34.3 Å². The van der Waals surface area contributed by atoms with Crippen molar-refractivity contribution in [2.24, 2.45) is 0 Å². The Morgan fingerprint density at radius 2 is 1.89 bits per heavy atom. The molecule has 1 saturated heterocycles. The molecule has 1 aromatic heterocycles. The van der Waals surface area contributed by atoms with Gasteiger partial charge in [0.15, 0.2) is 16.8 Å². The predicted molar refractivity (Wildman–Crippen MR) is 141 cm³/mol. The first-order valence-corrected chi connectivity index (χ1v) is 13.2. The lowest BCUT2D eigenvalue weighted by Gasteiger charge is -2.15. The largest absolute Gasteiger partial charge is 0.497 e. The van der Waals surface area contributed by atoms with Crippen LogP contribution in [-0.4, -0.2) is 46.1 Å². The first-order valence-electron chi connectivity index (χ1n) is 12.3. The molecule has 0 spiro atoms. The Labute approximate surface area is 214 Å². The summed E-state index contributed by atoms with van der Waals surface area (Å²) in [5.74, 6) is 1.95. The number of benzene rings is 3. The minimum absolute atomic E-state index is 0.0878. The first kappa shape index (κ1) is 23.0. The van der Waals surface area contributed by atoms with E-state index in [4.69, 9.17) is 9.47 Å². The monoisotopic (exact) mass is 497 g/mol. The highest BCUT2D eigenvalue weighted by Gasteiger charge is 2.23. The zero-order chi connectivity index (χ0) is 24.5. The van der Waals surface area contributed by atoms with Gasteiger partial charge in [0.25, 0.3) is 0 Å². The van der Waals surface area contributed by atoms with Gasteiger partial charge >= 0.3 is 0 Å². The van der Waals surface area contributed by atoms with Crippen molar-refractivity contribution in [1.82, 2.24) is 14.8 Å². The number of methoxy groups -OCH3 is 1. The van der Waals surface area contributed by atoms with Gasteiger partial charge < -0.3 is 9.47 Å². The number of hydrogen-bond acceptors (Lipinski definition) is 6. The molecule has 0 amide bonds. The maximum absolute atomic E-state index is 13.2. The fourth-order valence-electron chi connectivity index (χ4n) is 5.02. The van der Waals surface area contributed by atoms with Crippen LogP contribution in [0.5, 0.6) is 5.75 Å². The number of carbonyl (C=O) groups excluding carboxylic acids is 1. The van der Waals surface area contributed by atoms with Crippen LogP contribution in [0.2, 0.25) is 0 Å². The minimum atomic E-state index is 0.0878. The number of nitrogens with zero attached hydrogens (tertiary/aromatic N) is 3. The van der Waals surface area contributed by atoms with Crippen LogP contribution in [0.15, 0.2) is 71.9 Å². The predicted octanol–water partition coefficient (Wildman–Crippen LogP) is 5.68. The van der Waals surface area contributed by atoms with E-state index in [1.54, 1.807) is 7.11 Å². The standard InChI is InChI=1S/C29H27N3O3S/c1-34-23-12-10-19(11-13-23)28-30-31-29(32(28)17-24-6-4-14-35-24)36-18-27(33)22-9-8-21-15-20-5-2-3-7-25(20)26(21)16-22/h2-3,5,7-13,16,24H,4,6,14-15,17-18H2,1H3. The van der Waals surface area contributed by atoms with E-state index in [0.29, 0.717) is 12.3 Å². The van der Waals surface area contributed by atoms with E-state index >= 15 is 0 Å². The molecule has 0 radical (unpaired) electrons. The van der Waals surface area contributed by atoms with Gasteiger partial charge in [0, 0.05) is 17.7 Å². The van der Waals surface area contributed by atoms with Gasteiger partial charge in [0.2, 0.25) is 0 Å². The summed E-state index contributed by atoms with van der Waals surface area (Å²) in [6.45, 7) is 1.45. The summed E-state index contributed by atoms with van der Waals surface area (Å²) in [6, 6.07) is 22.3. The minimum Gasteiger partial charge on any atom is -0.497 e. The second-order valence-electron chi connectivity index (χ2n) is 9.20. The molecule has 1 aliphatic heterocycles. The molecule has 1 atom stereocenters. The molecule has 182 valence electrons. The van der Waals surface area contributed by atoms with Crippen molar-refractivity contribution in [2.75, 3.05) is 19.5 Å². The highest BCUT2D eigenvalue weighted by Crippen LogP contribution is 2.37. The summed E-state index contributed by atoms with van der Waals surface area (Å²) in [4.78, 5) is 13.2. The summed E-state index contributed by atoms with van der Waals surface area (Å²) in [5, 5.41) is 9.69. The molecule has 0 saturated carbocycles. The molecule has 1 aliphatic carbocycles. The van der Waals surface area contributed by atoms with Crippen LogP contribution in [0, 0.1) is 0 Å². The van der Waals surface area contributed by atoms with Crippen LogP contribution in [0.4, 0.5) is 0 Å². The number of ketones is 1. The Morgan fingerprint density at radius 1 is 1.06 bits per heavy atom. The lowest BCUT2D eigenvalue weighted by Crippen LogP contribution is -2.17. The van der Waals surface area contributed by atoms with Crippen molar-refractivity contribution >= 4 is 17.5 Å². The van der Waals surface area contributed by atoms with Crippen molar-refractivity contribution in [3.63, 3.8) is 0 Å². The average Bonchev–Trinajstić information content (AvgIpc) is 3.66. The first-order chi connectivity index (χ1) is 17.7. The summed E-state index contributed by atoms with van der Waals surface area (Å²) >= 11 is 1.43.